The second-order valence-electron chi connectivity index (χ2n) is 2.20. The number of hydrogen-bond donors (Lipinski definition) is 1. The summed E-state index contributed by atoms with van der Waals surface area (Å²) < 4.78 is 0. The van der Waals surface area contributed by atoms with Crippen molar-refractivity contribution in [3.05, 3.63) is 35.4 Å². The maximum atomic E-state index is 4.09. The van der Waals surface area contributed by atoms with E-state index in [9.17, 15) is 0 Å². The first-order chi connectivity index (χ1) is 5.47. The van der Waals surface area contributed by atoms with Crippen LogP contribution < -0.4 is 15.9 Å². The molecule has 0 aliphatic carbocycles. The first kappa shape index (κ1) is 6.09. The molecular formula is C8H7N3. The minimum atomic E-state index is 0.946. The fourth-order valence-corrected chi connectivity index (χ4v) is 0.933. The first-order valence-electron chi connectivity index (χ1n) is 3.36. The first-order valence-corrected chi connectivity index (χ1v) is 3.36. The highest BCUT2D eigenvalue weighted by Crippen LogP contribution is 1.72. The molecule has 3 nitrogen and oxygen atoms in total. The van der Waals surface area contributed by atoms with Crippen LogP contribution in [0.2, 0.25) is 0 Å². The smallest absolute Gasteiger partial charge is 0.116 e. The molecule has 0 radical (unpaired) electrons. The highest BCUT2D eigenvalue weighted by Gasteiger charge is 1.85. The van der Waals surface area contributed by atoms with E-state index in [1.807, 2.05) is 24.6 Å². The predicted octanol–water partition coefficient (Wildman–Crippen LogP) is -0.888. The highest BCUT2D eigenvalue weighted by atomic mass is 14.8. The molecule has 0 saturated carbocycles. The van der Waals surface area contributed by atoms with Gasteiger partial charge in [-0.3, -0.25) is 0 Å². The van der Waals surface area contributed by atoms with Crippen LogP contribution in [0.5, 0.6) is 0 Å². The monoisotopic (exact) mass is 145 g/mol. The largest absolute Gasteiger partial charge is 0.367 e. The number of nitrogens with zero attached hydrogens (tertiary/aromatic N) is 2. The molecule has 2 rings (SSSR count). The Balaban J connectivity index is 2.81. The molecule has 0 atom stereocenters. The zero-order chi connectivity index (χ0) is 7.52. The van der Waals surface area contributed by atoms with E-state index in [4.69, 9.17) is 0 Å². The van der Waals surface area contributed by atoms with Gasteiger partial charge in [0.25, 0.3) is 0 Å². The topological polar surface area (TPSA) is 37.8 Å². The van der Waals surface area contributed by atoms with E-state index in [-0.39, 0.29) is 0 Å². The molecule has 2 heterocycles. The lowest BCUT2D eigenvalue weighted by molar-refractivity contribution is 1.09. The lowest BCUT2D eigenvalue weighted by Gasteiger charge is -1.85. The summed E-state index contributed by atoms with van der Waals surface area (Å²) in [4.78, 5) is 8.00. The van der Waals surface area contributed by atoms with Crippen molar-refractivity contribution in [2.45, 2.75) is 0 Å². The molecule has 54 valence electrons. The number of fused-ring (bicyclic) bond motifs is 1. The third-order valence-corrected chi connectivity index (χ3v) is 1.46. The van der Waals surface area contributed by atoms with E-state index in [1.54, 1.807) is 12.5 Å². The minimum Gasteiger partial charge on any atom is -0.367 e. The van der Waals surface area contributed by atoms with Crippen molar-refractivity contribution in [3.8, 4) is 0 Å². The second kappa shape index (κ2) is 2.54. The summed E-state index contributed by atoms with van der Waals surface area (Å²) in [6.07, 6.45) is 10.9. The summed E-state index contributed by atoms with van der Waals surface area (Å²) in [5.41, 5.74) is 0. The Morgan fingerprint density at radius 1 is 1.36 bits per heavy atom. The molecule has 1 aromatic heterocycles. The maximum absolute atomic E-state index is 4.09. The third kappa shape index (κ3) is 1.12. The van der Waals surface area contributed by atoms with Gasteiger partial charge in [0.2, 0.25) is 0 Å². The van der Waals surface area contributed by atoms with Crippen LogP contribution in [0.3, 0.4) is 0 Å². The van der Waals surface area contributed by atoms with Crippen LogP contribution in [0, 0.1) is 0 Å². The third-order valence-electron chi connectivity index (χ3n) is 1.46. The van der Waals surface area contributed by atoms with Crippen LogP contribution >= 0.6 is 0 Å². The van der Waals surface area contributed by atoms with Crippen molar-refractivity contribution < 1.29 is 0 Å². The van der Waals surface area contributed by atoms with Crippen molar-refractivity contribution in [1.29, 1.82) is 0 Å². The molecule has 1 aliphatic heterocycles. The van der Waals surface area contributed by atoms with Gasteiger partial charge in [0, 0.05) is 23.8 Å². The van der Waals surface area contributed by atoms with Crippen LogP contribution in [-0.4, -0.2) is 9.97 Å². The van der Waals surface area contributed by atoms with Crippen molar-refractivity contribution in [3.63, 3.8) is 0 Å². The summed E-state index contributed by atoms with van der Waals surface area (Å²) >= 11 is 0. The summed E-state index contributed by atoms with van der Waals surface area (Å²) in [5, 5.41) is 4.94. The van der Waals surface area contributed by atoms with Gasteiger partial charge in [-0.25, -0.2) is 9.97 Å². The highest BCUT2D eigenvalue weighted by molar-refractivity contribution is 5.39. The summed E-state index contributed by atoms with van der Waals surface area (Å²) in [6, 6.07) is 0. The van der Waals surface area contributed by atoms with Gasteiger partial charge in [0.15, 0.2) is 0 Å². The minimum absolute atomic E-state index is 0.946. The molecule has 1 aliphatic rings. The van der Waals surface area contributed by atoms with Crippen LogP contribution in [0.15, 0.2) is 24.8 Å². The average molecular weight is 145 g/mol. The molecule has 0 aromatic carbocycles. The molecule has 0 spiro atoms. The molecule has 0 unspecified atom stereocenters. The van der Waals surface area contributed by atoms with Crippen molar-refractivity contribution >= 4 is 12.3 Å². The Labute approximate surface area is 63.8 Å². The summed E-state index contributed by atoms with van der Waals surface area (Å²) in [6.45, 7) is 0. The maximum Gasteiger partial charge on any atom is 0.116 e. The van der Waals surface area contributed by atoms with E-state index < -0.39 is 0 Å². The van der Waals surface area contributed by atoms with Gasteiger partial charge < -0.3 is 5.32 Å². The van der Waals surface area contributed by atoms with E-state index in [1.165, 1.54) is 0 Å². The summed E-state index contributed by atoms with van der Waals surface area (Å²) in [7, 11) is 0. The van der Waals surface area contributed by atoms with Gasteiger partial charge in [-0.05, 0) is 12.2 Å². The Kier molecular flexibility index (Phi) is 1.41. The Morgan fingerprint density at radius 2 is 2.36 bits per heavy atom. The van der Waals surface area contributed by atoms with E-state index in [0.717, 1.165) is 10.6 Å². The van der Waals surface area contributed by atoms with E-state index in [2.05, 4.69) is 15.3 Å². The standard InChI is InChI=1S/C8H7N3/c1-2-8-7(4-9-3-1)5-10-6-11-8/h1-6,9H. The average Bonchev–Trinajstić information content (AvgIpc) is 2.28. The Bertz CT molecular complexity index is 392. The van der Waals surface area contributed by atoms with Crippen molar-refractivity contribution in [1.82, 2.24) is 15.3 Å². The van der Waals surface area contributed by atoms with E-state index >= 15 is 0 Å². The summed E-state index contributed by atoms with van der Waals surface area (Å²) in [5.74, 6) is 0. The number of rotatable bonds is 0. The van der Waals surface area contributed by atoms with Gasteiger partial charge in [0.05, 0.1) is 5.35 Å². The molecule has 1 aromatic rings. The Hall–Kier alpha value is -1.64. The molecule has 0 bridgehead atoms. The quantitative estimate of drug-likeness (QED) is 0.514. The van der Waals surface area contributed by atoms with Gasteiger partial charge in [-0.2, -0.15) is 0 Å². The van der Waals surface area contributed by atoms with Gasteiger partial charge in [-0.15, -0.1) is 0 Å². The van der Waals surface area contributed by atoms with Crippen molar-refractivity contribution in [2.75, 3.05) is 0 Å². The molecule has 0 saturated heterocycles. The SMILES string of the molecule is C1=CNC=c2cncnc2=C1. The van der Waals surface area contributed by atoms with Crippen LogP contribution in [0.4, 0.5) is 0 Å². The van der Waals surface area contributed by atoms with Gasteiger partial charge in [0.1, 0.15) is 6.33 Å². The molecular weight excluding hydrogens is 138 g/mol. The van der Waals surface area contributed by atoms with Gasteiger partial charge >= 0.3 is 0 Å². The van der Waals surface area contributed by atoms with Crippen LogP contribution in [0.1, 0.15) is 0 Å². The second-order valence-corrected chi connectivity index (χ2v) is 2.20. The molecule has 3 heteroatoms. The Morgan fingerprint density at radius 3 is 3.36 bits per heavy atom. The van der Waals surface area contributed by atoms with Crippen LogP contribution in [0.25, 0.3) is 12.3 Å². The molecule has 1 N–H and O–H groups in total. The molecule has 0 amide bonds. The number of hydrogen-bond acceptors (Lipinski definition) is 3. The fourth-order valence-electron chi connectivity index (χ4n) is 0.933. The lowest BCUT2D eigenvalue weighted by atomic mass is 10.4. The normalized spacial score (nSPS) is 13.5. The number of nitrogens with one attached hydrogen (secondary N) is 1. The van der Waals surface area contributed by atoms with Gasteiger partial charge in [-0.1, -0.05) is 0 Å². The molecule has 11 heavy (non-hydrogen) atoms. The molecule has 0 fully saturated rings. The fraction of sp³-hybridized carbons (Fsp3) is 0. The number of aromatic nitrogens is 2. The van der Waals surface area contributed by atoms with E-state index in [0.29, 0.717) is 0 Å². The zero-order valence-corrected chi connectivity index (χ0v) is 5.86. The zero-order valence-electron chi connectivity index (χ0n) is 5.86. The predicted molar refractivity (Wildman–Crippen MR) is 42.5 cm³/mol. The lowest BCUT2D eigenvalue weighted by Crippen LogP contribution is -2.28. The number of allylic oxidation sites excluding steroid dienone is 1. The van der Waals surface area contributed by atoms with Crippen LogP contribution in [-0.2, 0) is 0 Å². The van der Waals surface area contributed by atoms with Crippen molar-refractivity contribution in [2.24, 2.45) is 0 Å².